The Morgan fingerprint density at radius 3 is 0.972 bits per heavy atom. The van der Waals surface area contributed by atoms with Crippen LogP contribution in [0.3, 0.4) is 0 Å². The van der Waals surface area contributed by atoms with E-state index in [-0.39, 0.29) is 34.9 Å². The number of phenolic OH excluding ortho intramolecular Hbond substituents is 4. The lowest BCUT2D eigenvalue weighted by Crippen LogP contribution is -2.19. The third-order valence-electron chi connectivity index (χ3n) is 19.0. The molecule has 588 valence electrons. The normalized spacial score (nSPS) is 12.8. The molecule has 6 rings (SSSR count). The number of esters is 2. The minimum atomic E-state index is -0.738. The highest BCUT2D eigenvalue weighted by Gasteiger charge is 2.20. The number of benzene rings is 6. The molecule has 0 saturated heterocycles. The van der Waals surface area contributed by atoms with Gasteiger partial charge in [-0.3, -0.25) is 9.59 Å². The molecule has 1 atom stereocenters. The summed E-state index contributed by atoms with van der Waals surface area (Å²) in [6, 6.07) is 23.9. The van der Waals surface area contributed by atoms with Crippen LogP contribution >= 0.6 is 0 Å². The predicted molar refractivity (Wildman–Crippen MR) is 466 cm³/mol. The van der Waals surface area contributed by atoms with Crippen LogP contribution in [-0.4, -0.2) is 43.1 Å². The summed E-state index contributed by atoms with van der Waals surface area (Å²) in [5, 5.41) is 56.2. The van der Waals surface area contributed by atoms with E-state index in [2.05, 4.69) is 170 Å². The number of hydrogen-bond donors (Lipinski definition) is 5. The van der Waals surface area contributed by atoms with Crippen molar-refractivity contribution < 1.29 is 44.6 Å². The number of phenols is 4. The quantitative estimate of drug-likeness (QED) is 0.0115. The smallest absolute Gasteiger partial charge is 0.308 e. The van der Waals surface area contributed by atoms with Gasteiger partial charge >= 0.3 is 11.9 Å². The molecule has 9 nitrogen and oxygen atoms in total. The molecule has 6 aromatic carbocycles. The van der Waals surface area contributed by atoms with E-state index in [0.717, 1.165) is 154 Å². The van der Waals surface area contributed by atoms with Crippen molar-refractivity contribution in [1.82, 2.24) is 0 Å². The second-order valence-electron chi connectivity index (χ2n) is 30.0. The highest BCUT2D eigenvalue weighted by Crippen LogP contribution is 2.42. The monoisotopic (exact) mass is 1470 g/mol. The molecule has 9 heteroatoms. The Bertz CT molecular complexity index is 4220. The maximum atomic E-state index is 11.7. The Balaban J connectivity index is 0.000000506. The van der Waals surface area contributed by atoms with Gasteiger partial charge in [-0.2, -0.15) is 0 Å². The number of aliphatic hydroxyl groups is 1. The van der Waals surface area contributed by atoms with Crippen molar-refractivity contribution in [3.63, 3.8) is 0 Å². The number of rotatable bonds is 34. The first-order chi connectivity index (χ1) is 51.2. The fraction of sp³-hybridized carbons (Fsp3) is 0.434. The maximum absolute atomic E-state index is 11.7. The number of allylic oxidation sites excluding steroid dienone is 22. The molecule has 5 N–H and O–H groups in total. The summed E-state index contributed by atoms with van der Waals surface area (Å²) < 4.78 is 10.7. The van der Waals surface area contributed by atoms with Crippen molar-refractivity contribution in [2.24, 2.45) is 0 Å². The molecule has 0 fully saturated rings. The Morgan fingerprint density at radius 2 is 0.639 bits per heavy atom. The Morgan fingerprint density at radius 1 is 0.370 bits per heavy atom. The predicted octanol–water partition coefficient (Wildman–Crippen LogP) is 28.6. The zero-order valence-corrected chi connectivity index (χ0v) is 70.7. The topological polar surface area (TPSA) is 154 Å². The molecule has 0 aliphatic rings. The van der Waals surface area contributed by atoms with Gasteiger partial charge in [0.25, 0.3) is 0 Å². The largest absolute Gasteiger partial charge is 0.507 e. The van der Waals surface area contributed by atoms with E-state index in [1.807, 2.05) is 101 Å². The summed E-state index contributed by atoms with van der Waals surface area (Å²) >= 11 is 0. The average Bonchev–Trinajstić information content (AvgIpc) is 0.784. The van der Waals surface area contributed by atoms with E-state index < -0.39 is 5.60 Å². The standard InChI is InChI=1S/C33H44O3.C31H42O2.C20H34O.C13H12O3.C2H6/c1-23(2)13-10-14-24(3)15-11-16-25(4)17-12-18-26(5)21-22-29-27(6)33(36-28(7)34)31-20-9-8-19-30(31)32(29)35;1-22(2)12-9-13-23(3)14-10-15-24(4)16-11-17-25(5)20-21-27-26(6)30(32)28-18-7-8-19-29(28)31(27)33;1-7-20(6,21)16-10-15-19(5)14-9-13-18(4)12-8-11-17(2)3;1-8-7-12(15)10-5-3-4-6-11(10)13(8)16-9(2)14;1-2/h8-9,13,15,17,19-21,35H,10-12,14,16,18,22H2,1-7H3;7-8,12,14,16,18-20,32-33H,9-11,13,15,17,21H2,1-6H3;7,11,13,15,21H,1,8-10,12,14,16H2,2-6H3;3-7,15H,1-2H3;1-2H3/b24-15+,25-17+,26-21+;23-14+,24-16+,25-20+;18-13+,19-15+;;. The molecule has 0 bridgehead atoms. The molecule has 0 saturated carbocycles. The van der Waals surface area contributed by atoms with Crippen LogP contribution in [0.25, 0.3) is 32.3 Å². The van der Waals surface area contributed by atoms with Gasteiger partial charge in [0, 0.05) is 57.3 Å². The second kappa shape index (κ2) is 51.4. The third kappa shape index (κ3) is 36.8. The Kier molecular flexibility index (Phi) is 45.3. The third-order valence-corrected chi connectivity index (χ3v) is 19.0. The van der Waals surface area contributed by atoms with Crippen molar-refractivity contribution in [2.75, 3.05) is 0 Å². The zero-order chi connectivity index (χ0) is 81.1. The molecule has 0 aromatic heterocycles. The highest BCUT2D eigenvalue weighted by atomic mass is 16.5. The van der Waals surface area contributed by atoms with Crippen molar-refractivity contribution in [3.05, 3.63) is 247 Å². The first kappa shape index (κ1) is 95.2. The van der Waals surface area contributed by atoms with Crippen LogP contribution in [0, 0.1) is 20.8 Å². The van der Waals surface area contributed by atoms with E-state index in [1.165, 1.54) is 75.2 Å². The van der Waals surface area contributed by atoms with Crippen molar-refractivity contribution in [3.8, 4) is 34.5 Å². The lowest BCUT2D eigenvalue weighted by molar-refractivity contribution is -0.132. The first-order valence-electron chi connectivity index (χ1n) is 39.4. The van der Waals surface area contributed by atoms with Crippen LogP contribution in [0.5, 0.6) is 34.5 Å². The van der Waals surface area contributed by atoms with Gasteiger partial charge in [0.2, 0.25) is 0 Å². The second-order valence-corrected chi connectivity index (χ2v) is 30.0. The molecule has 108 heavy (non-hydrogen) atoms. The summed E-state index contributed by atoms with van der Waals surface area (Å²) in [7, 11) is 0. The van der Waals surface area contributed by atoms with E-state index >= 15 is 0 Å². The van der Waals surface area contributed by atoms with E-state index in [9.17, 15) is 35.1 Å². The van der Waals surface area contributed by atoms with Gasteiger partial charge in [0.05, 0.1) is 5.60 Å². The first-order valence-corrected chi connectivity index (χ1v) is 39.4. The number of carbonyl (C=O) groups excluding carboxylic acids is 2. The number of carbonyl (C=O) groups is 2. The zero-order valence-electron chi connectivity index (χ0n) is 70.7. The summed E-state index contributed by atoms with van der Waals surface area (Å²) in [5.74, 6) is 1.35. The number of aryl methyl sites for hydroxylation is 1. The lowest BCUT2D eigenvalue weighted by Gasteiger charge is -2.16. The molecule has 0 aliphatic carbocycles. The summed E-state index contributed by atoms with van der Waals surface area (Å²) in [6.07, 6.45) is 47.4. The number of hydrogen-bond acceptors (Lipinski definition) is 9. The number of fused-ring (bicyclic) bond motifs is 3. The van der Waals surface area contributed by atoms with Crippen molar-refractivity contribution in [2.45, 2.75) is 286 Å². The molecule has 6 aromatic rings. The van der Waals surface area contributed by atoms with Crippen LogP contribution in [0.2, 0.25) is 0 Å². The fourth-order valence-electron chi connectivity index (χ4n) is 12.2. The molecule has 0 aliphatic heterocycles. The van der Waals surface area contributed by atoms with Crippen LogP contribution in [0.4, 0.5) is 0 Å². The minimum absolute atomic E-state index is 0.198. The van der Waals surface area contributed by atoms with Gasteiger partial charge in [0.1, 0.15) is 34.5 Å². The van der Waals surface area contributed by atoms with Crippen molar-refractivity contribution >= 4 is 44.3 Å². The summed E-state index contributed by atoms with van der Waals surface area (Å²) in [5.41, 5.74) is 18.7. The number of ether oxygens (including phenoxy) is 2. The molecular weight excluding hydrogens is 1330 g/mol. The minimum Gasteiger partial charge on any atom is -0.507 e. The molecule has 0 heterocycles. The SMILES string of the molecule is C=CC(C)(O)CC/C=C(\C)CC/C=C(\C)CCC=C(C)C.CC.CC(=O)Oc1c(C)c(C/C=C(\C)CC/C=C(\C)CC/C=C(\C)CCC=C(C)C)c(O)c2ccccc12.CC(=O)Oc1c(C)cc(O)c2ccccc12.CC(C)=CCC/C(C)=C/CC/C(C)=C/CC/C(C)=C/Cc1c(C)c(O)c2ccccc2c1O. The summed E-state index contributed by atoms with van der Waals surface area (Å²) in [6.45, 7) is 48.3. The van der Waals surface area contributed by atoms with Crippen LogP contribution < -0.4 is 9.47 Å². The molecular formula is C99H138O9. The lowest BCUT2D eigenvalue weighted by atomic mass is 9.95. The summed E-state index contributed by atoms with van der Waals surface area (Å²) in [4.78, 5) is 22.7. The van der Waals surface area contributed by atoms with Crippen LogP contribution in [-0.2, 0) is 22.4 Å². The molecule has 0 amide bonds. The van der Waals surface area contributed by atoms with Gasteiger partial charge < -0.3 is 35.0 Å². The van der Waals surface area contributed by atoms with Gasteiger partial charge in [-0.05, 0) is 276 Å². The number of aromatic hydroxyl groups is 4. The average molecular weight is 1470 g/mol. The highest BCUT2D eigenvalue weighted by molar-refractivity contribution is 5.98. The Labute approximate surface area is 653 Å². The fourth-order valence-corrected chi connectivity index (χ4v) is 12.2. The molecule has 1 unspecified atom stereocenters. The van der Waals surface area contributed by atoms with E-state index in [0.29, 0.717) is 45.9 Å². The maximum Gasteiger partial charge on any atom is 0.308 e. The van der Waals surface area contributed by atoms with Gasteiger partial charge in [0.15, 0.2) is 0 Å². The van der Waals surface area contributed by atoms with Gasteiger partial charge in [-0.25, -0.2) is 0 Å². The van der Waals surface area contributed by atoms with Crippen LogP contribution in [0.15, 0.2) is 220 Å². The van der Waals surface area contributed by atoms with Gasteiger partial charge in [-0.1, -0.05) is 221 Å². The van der Waals surface area contributed by atoms with Crippen molar-refractivity contribution in [1.29, 1.82) is 0 Å². The van der Waals surface area contributed by atoms with Gasteiger partial charge in [-0.15, -0.1) is 6.58 Å². The van der Waals surface area contributed by atoms with E-state index in [1.54, 1.807) is 25.1 Å². The molecule has 0 radical (unpaired) electrons. The molecule has 0 spiro atoms. The van der Waals surface area contributed by atoms with E-state index in [4.69, 9.17) is 9.47 Å². The Hall–Kier alpha value is -8.92. The van der Waals surface area contributed by atoms with Crippen LogP contribution in [0.1, 0.15) is 275 Å².